The molecule has 1 unspecified atom stereocenters. The first-order chi connectivity index (χ1) is 11.5. The number of hydrogen-bond acceptors (Lipinski definition) is 4. The van der Waals surface area contributed by atoms with Crippen LogP contribution >= 0.6 is 11.6 Å². The highest BCUT2D eigenvalue weighted by Crippen LogP contribution is 2.21. The van der Waals surface area contributed by atoms with Crippen molar-refractivity contribution in [3.63, 3.8) is 0 Å². The smallest absolute Gasteiger partial charge is 0.292 e. The van der Waals surface area contributed by atoms with Crippen molar-refractivity contribution in [2.75, 3.05) is 19.7 Å². The van der Waals surface area contributed by atoms with Crippen LogP contribution in [0.1, 0.15) is 41.6 Å². The minimum atomic E-state index is -0.137. The molecule has 0 N–H and O–H groups in total. The molecule has 3 rings (SSSR count). The van der Waals surface area contributed by atoms with Gasteiger partial charge in [-0.2, -0.15) is 0 Å². The molecule has 0 saturated carbocycles. The molecule has 2 heterocycles. The predicted molar refractivity (Wildman–Crippen MR) is 91.4 cm³/mol. The monoisotopic (exact) mass is 348 g/mol. The first-order valence-electron chi connectivity index (χ1n) is 8.15. The van der Waals surface area contributed by atoms with E-state index in [2.05, 4.69) is 5.16 Å². The van der Waals surface area contributed by atoms with Gasteiger partial charge >= 0.3 is 0 Å². The number of nitrogens with zero attached hydrogens (tertiary/aromatic N) is 2. The highest BCUT2D eigenvalue weighted by atomic mass is 35.5. The van der Waals surface area contributed by atoms with Gasteiger partial charge < -0.3 is 14.2 Å². The lowest BCUT2D eigenvalue weighted by Gasteiger charge is -2.32. The van der Waals surface area contributed by atoms with Gasteiger partial charge in [0, 0.05) is 30.6 Å². The van der Waals surface area contributed by atoms with Gasteiger partial charge in [0.1, 0.15) is 0 Å². The summed E-state index contributed by atoms with van der Waals surface area (Å²) in [6.45, 7) is 5.60. The van der Waals surface area contributed by atoms with Gasteiger partial charge in [-0.05, 0) is 17.5 Å². The van der Waals surface area contributed by atoms with E-state index in [1.54, 1.807) is 11.0 Å². The molecule has 5 nitrogen and oxygen atoms in total. The van der Waals surface area contributed by atoms with Crippen molar-refractivity contribution in [1.82, 2.24) is 10.1 Å². The van der Waals surface area contributed by atoms with E-state index < -0.39 is 0 Å². The third-order valence-electron chi connectivity index (χ3n) is 4.16. The van der Waals surface area contributed by atoms with E-state index >= 15 is 0 Å². The Morgan fingerprint density at radius 3 is 2.92 bits per heavy atom. The largest absolute Gasteiger partial charge is 0.374 e. The van der Waals surface area contributed by atoms with Gasteiger partial charge in [0.15, 0.2) is 0 Å². The molecule has 1 aliphatic heterocycles. The third-order valence-corrected chi connectivity index (χ3v) is 4.53. The number of morpholine rings is 1. The fraction of sp³-hybridized carbons (Fsp3) is 0.444. The molecule has 1 fully saturated rings. The van der Waals surface area contributed by atoms with Crippen LogP contribution in [-0.4, -0.2) is 41.8 Å². The summed E-state index contributed by atoms with van der Waals surface area (Å²) in [5.41, 5.74) is 1.82. The number of carbonyl (C=O) groups excluding carboxylic acids is 1. The van der Waals surface area contributed by atoms with Gasteiger partial charge in [-0.3, -0.25) is 4.79 Å². The number of carbonyl (C=O) groups is 1. The van der Waals surface area contributed by atoms with Crippen LogP contribution in [0.4, 0.5) is 0 Å². The number of ether oxygens (including phenoxy) is 1. The molecular formula is C18H21ClN2O3. The third kappa shape index (κ3) is 3.79. The lowest BCUT2D eigenvalue weighted by molar-refractivity contribution is -0.0220. The molecule has 1 aliphatic rings. The number of halogens is 1. The van der Waals surface area contributed by atoms with Crippen LogP contribution in [0.2, 0.25) is 5.02 Å². The van der Waals surface area contributed by atoms with Crippen molar-refractivity contribution in [2.45, 2.75) is 32.3 Å². The zero-order chi connectivity index (χ0) is 17.1. The van der Waals surface area contributed by atoms with E-state index in [9.17, 15) is 4.79 Å². The summed E-state index contributed by atoms with van der Waals surface area (Å²) in [5, 5.41) is 4.68. The van der Waals surface area contributed by atoms with Gasteiger partial charge in [-0.1, -0.05) is 48.8 Å². The molecule has 1 amide bonds. The van der Waals surface area contributed by atoms with Gasteiger partial charge in [0.2, 0.25) is 5.76 Å². The Bertz CT molecular complexity index is 714. The van der Waals surface area contributed by atoms with E-state index in [4.69, 9.17) is 20.9 Å². The van der Waals surface area contributed by atoms with Gasteiger partial charge in [-0.25, -0.2) is 0 Å². The summed E-state index contributed by atoms with van der Waals surface area (Å²) < 4.78 is 11.0. The molecule has 1 aromatic heterocycles. The molecule has 0 aliphatic carbocycles. The van der Waals surface area contributed by atoms with Crippen molar-refractivity contribution in [3.05, 3.63) is 52.4 Å². The molecule has 2 aromatic rings. The van der Waals surface area contributed by atoms with Gasteiger partial charge in [0.25, 0.3) is 5.91 Å². The minimum absolute atomic E-state index is 0.0740. The number of hydrogen-bond donors (Lipinski definition) is 0. The van der Waals surface area contributed by atoms with E-state index in [1.165, 1.54) is 0 Å². The van der Waals surface area contributed by atoms with Gasteiger partial charge in [-0.15, -0.1) is 0 Å². The first kappa shape index (κ1) is 17.0. The van der Waals surface area contributed by atoms with Crippen molar-refractivity contribution in [1.29, 1.82) is 0 Å². The highest BCUT2D eigenvalue weighted by molar-refractivity contribution is 6.31. The SMILES string of the molecule is CC(C)c1cc(C(=O)N2CCOC(Cc3ccccc3Cl)C2)on1. The van der Waals surface area contributed by atoms with Crippen molar-refractivity contribution < 1.29 is 14.1 Å². The number of rotatable bonds is 4. The Kier molecular flexibility index (Phi) is 5.21. The molecular weight excluding hydrogens is 328 g/mol. The molecule has 1 atom stereocenters. The van der Waals surface area contributed by atoms with E-state index in [0.29, 0.717) is 26.1 Å². The Labute approximate surface area is 146 Å². The van der Waals surface area contributed by atoms with Crippen LogP contribution in [0.5, 0.6) is 0 Å². The lowest BCUT2D eigenvalue weighted by Crippen LogP contribution is -2.46. The van der Waals surface area contributed by atoms with Crippen molar-refractivity contribution in [3.8, 4) is 0 Å². The molecule has 1 saturated heterocycles. The Morgan fingerprint density at radius 2 is 2.21 bits per heavy atom. The molecule has 0 spiro atoms. The van der Waals surface area contributed by atoms with Crippen LogP contribution in [0.25, 0.3) is 0 Å². The molecule has 1 aromatic carbocycles. The van der Waals surface area contributed by atoms with Gasteiger partial charge in [0.05, 0.1) is 18.4 Å². The van der Waals surface area contributed by atoms with E-state index in [-0.39, 0.29) is 23.7 Å². The Morgan fingerprint density at radius 1 is 1.42 bits per heavy atom. The number of aromatic nitrogens is 1. The van der Waals surface area contributed by atoms with E-state index in [1.807, 2.05) is 38.1 Å². The maximum Gasteiger partial charge on any atom is 0.292 e. The summed E-state index contributed by atoms with van der Waals surface area (Å²) in [6.07, 6.45) is 0.604. The number of benzene rings is 1. The quantitative estimate of drug-likeness (QED) is 0.848. The minimum Gasteiger partial charge on any atom is -0.374 e. The summed E-state index contributed by atoms with van der Waals surface area (Å²) in [5.74, 6) is 0.381. The second-order valence-electron chi connectivity index (χ2n) is 6.31. The zero-order valence-electron chi connectivity index (χ0n) is 13.9. The highest BCUT2D eigenvalue weighted by Gasteiger charge is 2.28. The average Bonchev–Trinajstić information content (AvgIpc) is 3.07. The van der Waals surface area contributed by atoms with Crippen LogP contribution in [0.3, 0.4) is 0 Å². The molecule has 6 heteroatoms. The fourth-order valence-electron chi connectivity index (χ4n) is 2.75. The maximum absolute atomic E-state index is 12.6. The average molecular weight is 349 g/mol. The van der Waals surface area contributed by atoms with E-state index in [0.717, 1.165) is 16.3 Å². The first-order valence-corrected chi connectivity index (χ1v) is 8.53. The van der Waals surface area contributed by atoms with Crippen molar-refractivity contribution >= 4 is 17.5 Å². The number of amides is 1. The summed E-state index contributed by atoms with van der Waals surface area (Å²) in [6, 6.07) is 9.43. The van der Waals surface area contributed by atoms with Crippen LogP contribution < -0.4 is 0 Å². The Hall–Kier alpha value is -1.85. The van der Waals surface area contributed by atoms with Crippen molar-refractivity contribution in [2.24, 2.45) is 0 Å². The second kappa shape index (κ2) is 7.36. The second-order valence-corrected chi connectivity index (χ2v) is 6.72. The summed E-state index contributed by atoms with van der Waals surface area (Å²) in [7, 11) is 0. The van der Waals surface area contributed by atoms with Crippen LogP contribution in [0.15, 0.2) is 34.9 Å². The molecule has 128 valence electrons. The summed E-state index contributed by atoms with van der Waals surface area (Å²) in [4.78, 5) is 14.4. The maximum atomic E-state index is 12.6. The predicted octanol–water partition coefficient (Wildman–Crippen LogP) is 3.54. The van der Waals surface area contributed by atoms with Crippen LogP contribution in [0, 0.1) is 0 Å². The lowest BCUT2D eigenvalue weighted by atomic mass is 10.1. The normalized spacial score (nSPS) is 18.2. The van der Waals surface area contributed by atoms with Crippen LogP contribution in [-0.2, 0) is 11.2 Å². The Balaban J connectivity index is 1.66. The topological polar surface area (TPSA) is 55.6 Å². The molecule has 24 heavy (non-hydrogen) atoms. The zero-order valence-corrected chi connectivity index (χ0v) is 14.6. The summed E-state index contributed by atoms with van der Waals surface area (Å²) >= 11 is 6.21. The molecule has 0 radical (unpaired) electrons. The molecule has 0 bridgehead atoms. The standard InChI is InChI=1S/C18H21ClN2O3/c1-12(2)16-10-17(24-20-16)18(22)21-7-8-23-14(11-21)9-13-5-3-4-6-15(13)19/h3-6,10,12,14H,7-9,11H2,1-2H3. The fourth-order valence-corrected chi connectivity index (χ4v) is 2.97.